The van der Waals surface area contributed by atoms with Crippen LogP contribution in [0.25, 0.3) is 73.7 Å². The van der Waals surface area contributed by atoms with Crippen molar-refractivity contribution in [3.63, 3.8) is 0 Å². The van der Waals surface area contributed by atoms with Crippen molar-refractivity contribution in [3.8, 4) is 45.5 Å². The van der Waals surface area contributed by atoms with Crippen LogP contribution in [-0.2, 0) is 0 Å². The first kappa shape index (κ1) is 24.5. The first-order chi connectivity index (χ1) is 20.7. The summed E-state index contributed by atoms with van der Waals surface area (Å²) in [7, 11) is 0. The van der Waals surface area contributed by atoms with Crippen LogP contribution in [0.5, 0.6) is 0 Å². The molecule has 0 unspecified atom stereocenters. The summed E-state index contributed by atoms with van der Waals surface area (Å²) in [6.07, 6.45) is 0. The molecule has 6 aromatic carbocycles. The van der Waals surface area contributed by atoms with Crippen molar-refractivity contribution in [2.45, 2.75) is 0 Å². The number of hydrogen-bond donors (Lipinski definition) is 0. The summed E-state index contributed by atoms with van der Waals surface area (Å²) < 4.78 is 4.78. The maximum Gasteiger partial charge on any atom is 0.100 e. The molecule has 0 fully saturated rings. The Bertz CT molecular complexity index is 2430. The fourth-order valence-corrected chi connectivity index (χ4v) is 8.48. The topological polar surface area (TPSA) is 47.6 Å². The summed E-state index contributed by atoms with van der Waals surface area (Å²) in [6, 6.07) is 46.6. The van der Waals surface area contributed by atoms with E-state index in [0.717, 1.165) is 32.5 Å². The lowest BCUT2D eigenvalue weighted by Crippen LogP contribution is -1.98. The van der Waals surface area contributed by atoms with E-state index in [1.54, 1.807) is 22.7 Å². The second kappa shape index (κ2) is 9.68. The number of benzene rings is 6. The fraction of sp³-hybridized carbons (Fsp3) is 0. The third-order valence-corrected chi connectivity index (χ3v) is 10.4. The Morgan fingerprint density at radius 2 is 1.05 bits per heavy atom. The third-order valence-electron chi connectivity index (χ3n) is 8.00. The highest BCUT2D eigenvalue weighted by molar-refractivity contribution is 7.26. The maximum absolute atomic E-state index is 10.7. The Kier molecular flexibility index (Phi) is 5.66. The summed E-state index contributed by atoms with van der Waals surface area (Å²) in [4.78, 5) is 0. The lowest BCUT2D eigenvalue weighted by Gasteiger charge is -2.17. The minimum atomic E-state index is 0.519. The van der Waals surface area contributed by atoms with Gasteiger partial charge in [0.2, 0.25) is 0 Å². The van der Waals surface area contributed by atoms with Crippen LogP contribution >= 0.6 is 22.7 Å². The predicted molar refractivity (Wildman–Crippen MR) is 178 cm³/mol. The average molecular weight is 569 g/mol. The molecule has 0 amide bonds. The quantitative estimate of drug-likeness (QED) is 0.213. The van der Waals surface area contributed by atoms with Gasteiger partial charge < -0.3 is 0 Å². The molecule has 8 rings (SSSR count). The van der Waals surface area contributed by atoms with E-state index in [9.17, 15) is 10.5 Å². The van der Waals surface area contributed by atoms with Crippen LogP contribution in [0.1, 0.15) is 11.1 Å². The van der Waals surface area contributed by atoms with E-state index >= 15 is 0 Å². The third kappa shape index (κ3) is 3.67. The van der Waals surface area contributed by atoms with Gasteiger partial charge in [-0.2, -0.15) is 10.5 Å². The molecule has 8 aromatic rings. The molecule has 42 heavy (non-hydrogen) atoms. The van der Waals surface area contributed by atoms with Crippen molar-refractivity contribution < 1.29 is 0 Å². The maximum atomic E-state index is 10.7. The zero-order chi connectivity index (χ0) is 28.2. The summed E-state index contributed by atoms with van der Waals surface area (Å²) in [5.74, 6) is 0. The number of fused-ring (bicyclic) bond motifs is 6. The highest BCUT2D eigenvalue weighted by atomic mass is 32.1. The molecule has 0 saturated heterocycles. The predicted octanol–water partition coefficient (Wildman–Crippen LogP) is 11.2. The summed E-state index contributed by atoms with van der Waals surface area (Å²) in [5, 5.41) is 26.2. The molecule has 0 N–H and O–H groups in total. The molecule has 4 heteroatoms. The van der Waals surface area contributed by atoms with Crippen LogP contribution < -0.4 is 0 Å². The van der Waals surface area contributed by atoms with Gasteiger partial charge in [0.15, 0.2) is 0 Å². The molecule has 194 valence electrons. The Hall–Kier alpha value is -5.26. The van der Waals surface area contributed by atoms with Crippen molar-refractivity contribution in [1.82, 2.24) is 0 Å². The highest BCUT2D eigenvalue weighted by Crippen LogP contribution is 2.46. The monoisotopic (exact) mass is 568 g/mol. The molecule has 0 spiro atoms. The van der Waals surface area contributed by atoms with Crippen LogP contribution in [0.2, 0.25) is 0 Å². The molecule has 0 aliphatic carbocycles. The van der Waals surface area contributed by atoms with Gasteiger partial charge in [0.05, 0.1) is 11.1 Å². The molecular formula is C38H20N2S2. The molecule has 0 atom stereocenters. The lowest BCUT2D eigenvalue weighted by atomic mass is 9.84. The standard InChI is InChI=1S/C38H20N2S2/c39-21-32-30(24-17-18-27-25-11-4-6-15-34(25)41-36(27)19-24)20-31(33(22-40)37(32)23-9-2-1-3-10-23)29-14-8-13-28-26-12-5-7-16-35(26)42-38(28)29/h1-20H. The van der Waals surface area contributed by atoms with Crippen LogP contribution in [0.4, 0.5) is 0 Å². The van der Waals surface area contributed by atoms with Gasteiger partial charge in [0.1, 0.15) is 12.1 Å². The summed E-state index contributed by atoms with van der Waals surface area (Å²) >= 11 is 3.51. The van der Waals surface area contributed by atoms with Crippen LogP contribution in [0.3, 0.4) is 0 Å². The smallest absolute Gasteiger partial charge is 0.100 e. The normalized spacial score (nSPS) is 11.3. The van der Waals surface area contributed by atoms with Gasteiger partial charge in [-0.25, -0.2) is 0 Å². The van der Waals surface area contributed by atoms with Crippen LogP contribution in [-0.4, -0.2) is 0 Å². The van der Waals surface area contributed by atoms with Gasteiger partial charge >= 0.3 is 0 Å². The average Bonchev–Trinajstić information content (AvgIpc) is 3.62. The number of nitrogens with zero attached hydrogens (tertiary/aromatic N) is 2. The molecule has 2 nitrogen and oxygen atoms in total. The molecule has 0 aliphatic heterocycles. The Morgan fingerprint density at radius 1 is 0.429 bits per heavy atom. The zero-order valence-electron chi connectivity index (χ0n) is 22.3. The second-order valence-electron chi connectivity index (χ2n) is 10.3. The molecule has 2 aromatic heterocycles. The van der Waals surface area contributed by atoms with Crippen LogP contribution in [0.15, 0.2) is 121 Å². The molecular weight excluding hydrogens is 549 g/mol. The fourth-order valence-electron chi connectivity index (χ4n) is 6.10. The van der Waals surface area contributed by atoms with E-state index in [1.165, 1.54) is 35.6 Å². The number of nitriles is 2. The largest absolute Gasteiger partial charge is 0.192 e. The summed E-state index contributed by atoms with van der Waals surface area (Å²) in [5.41, 5.74) is 6.25. The van der Waals surface area contributed by atoms with Crippen molar-refractivity contribution in [3.05, 3.63) is 132 Å². The molecule has 2 heterocycles. The molecule has 0 saturated carbocycles. The van der Waals surface area contributed by atoms with Crippen molar-refractivity contribution >= 4 is 63.0 Å². The van der Waals surface area contributed by atoms with Gasteiger partial charge in [-0.05, 0) is 35.4 Å². The van der Waals surface area contributed by atoms with Crippen LogP contribution in [0, 0.1) is 22.7 Å². The van der Waals surface area contributed by atoms with E-state index in [-0.39, 0.29) is 0 Å². The van der Waals surface area contributed by atoms with Crippen molar-refractivity contribution in [2.75, 3.05) is 0 Å². The highest BCUT2D eigenvalue weighted by Gasteiger charge is 2.23. The minimum Gasteiger partial charge on any atom is -0.192 e. The first-order valence-corrected chi connectivity index (χ1v) is 15.3. The van der Waals surface area contributed by atoms with Crippen molar-refractivity contribution in [2.24, 2.45) is 0 Å². The van der Waals surface area contributed by atoms with Gasteiger partial charge in [-0.1, -0.05) is 97.1 Å². The van der Waals surface area contributed by atoms with Gasteiger partial charge in [-0.3, -0.25) is 0 Å². The van der Waals surface area contributed by atoms with Gasteiger partial charge in [0, 0.05) is 62.6 Å². The van der Waals surface area contributed by atoms with E-state index in [1.807, 2.05) is 30.3 Å². The SMILES string of the molecule is N#Cc1c(-c2ccc3c(c2)sc2ccccc23)cc(-c2cccc3c2sc2ccccc23)c(C#N)c1-c1ccccc1. The minimum absolute atomic E-state index is 0.519. The molecule has 0 radical (unpaired) electrons. The summed E-state index contributed by atoms with van der Waals surface area (Å²) in [6.45, 7) is 0. The molecule has 0 bridgehead atoms. The lowest BCUT2D eigenvalue weighted by molar-refractivity contribution is 1.44. The van der Waals surface area contributed by atoms with Gasteiger partial charge in [0.25, 0.3) is 0 Å². The number of rotatable bonds is 3. The molecule has 0 aliphatic rings. The first-order valence-electron chi connectivity index (χ1n) is 13.6. The number of thiophene rings is 2. The second-order valence-corrected chi connectivity index (χ2v) is 12.4. The van der Waals surface area contributed by atoms with Crippen molar-refractivity contribution in [1.29, 1.82) is 10.5 Å². The van der Waals surface area contributed by atoms with Gasteiger partial charge in [-0.15, -0.1) is 22.7 Å². The van der Waals surface area contributed by atoms with E-state index < -0.39 is 0 Å². The van der Waals surface area contributed by atoms with E-state index in [4.69, 9.17) is 0 Å². The zero-order valence-corrected chi connectivity index (χ0v) is 23.9. The van der Waals surface area contributed by atoms with E-state index in [2.05, 4.69) is 103 Å². The number of hydrogen-bond acceptors (Lipinski definition) is 4. The Balaban J connectivity index is 1.48. The van der Waals surface area contributed by atoms with E-state index in [0.29, 0.717) is 16.7 Å². The Labute approximate surface area is 250 Å². The Morgan fingerprint density at radius 3 is 1.81 bits per heavy atom.